The zero-order valence-electron chi connectivity index (χ0n) is 7.54. The molecule has 0 fully saturated rings. The van der Waals surface area contributed by atoms with Crippen LogP contribution in [0.1, 0.15) is 5.56 Å². The van der Waals surface area contributed by atoms with Crippen LogP contribution in [-0.4, -0.2) is 11.5 Å². The lowest BCUT2D eigenvalue weighted by Crippen LogP contribution is -2.04. The predicted molar refractivity (Wildman–Crippen MR) is 49.5 cm³/mol. The van der Waals surface area contributed by atoms with E-state index >= 15 is 0 Å². The lowest BCUT2D eigenvalue weighted by molar-refractivity contribution is -0.386. The third kappa shape index (κ3) is 2.76. The van der Waals surface area contributed by atoms with E-state index in [2.05, 4.69) is 4.74 Å². The van der Waals surface area contributed by atoms with Gasteiger partial charge in [-0.05, 0) is 18.6 Å². The summed E-state index contributed by atoms with van der Waals surface area (Å²) < 4.78 is 27.8. The van der Waals surface area contributed by atoms with Crippen LogP contribution in [0.3, 0.4) is 0 Å². The Bertz CT molecular complexity index is 398. The van der Waals surface area contributed by atoms with Gasteiger partial charge in [-0.1, -0.05) is 11.6 Å². The minimum absolute atomic E-state index is 0.128. The molecule has 1 rings (SSSR count). The molecule has 0 aliphatic rings. The maximum atomic E-state index is 11.9. The van der Waals surface area contributed by atoms with E-state index in [-0.39, 0.29) is 5.02 Å². The van der Waals surface area contributed by atoms with Gasteiger partial charge < -0.3 is 4.74 Å². The maximum absolute atomic E-state index is 11.9. The van der Waals surface area contributed by atoms with Crippen molar-refractivity contribution >= 4 is 17.3 Å². The number of aryl methyl sites for hydroxylation is 1. The molecular weight excluding hydrogens is 232 g/mol. The number of alkyl halides is 2. The van der Waals surface area contributed by atoms with E-state index < -0.39 is 23.0 Å². The van der Waals surface area contributed by atoms with Crippen molar-refractivity contribution in [1.29, 1.82) is 0 Å². The van der Waals surface area contributed by atoms with Crippen molar-refractivity contribution in [3.8, 4) is 5.75 Å². The van der Waals surface area contributed by atoms with Crippen LogP contribution >= 0.6 is 11.6 Å². The number of hydrogen-bond acceptors (Lipinski definition) is 3. The number of ether oxygens (including phenoxy) is 1. The van der Waals surface area contributed by atoms with Crippen molar-refractivity contribution in [2.75, 3.05) is 0 Å². The van der Waals surface area contributed by atoms with E-state index in [0.717, 1.165) is 12.1 Å². The average molecular weight is 238 g/mol. The first-order valence-corrected chi connectivity index (χ1v) is 4.19. The molecule has 0 spiro atoms. The minimum atomic E-state index is -3.11. The zero-order chi connectivity index (χ0) is 11.6. The molecule has 0 saturated heterocycles. The van der Waals surface area contributed by atoms with Crippen LogP contribution in [0.25, 0.3) is 0 Å². The summed E-state index contributed by atoms with van der Waals surface area (Å²) in [5, 5.41) is 10.6. The lowest BCUT2D eigenvalue weighted by Gasteiger charge is -2.06. The fraction of sp³-hybridized carbons (Fsp3) is 0.250. The molecule has 0 bridgehead atoms. The number of hydrogen-bond donors (Lipinski definition) is 0. The molecule has 7 heteroatoms. The van der Waals surface area contributed by atoms with Gasteiger partial charge >= 0.3 is 12.3 Å². The SMILES string of the molecule is Cc1cc(OC(F)F)c([N+](=O)[O-])cc1Cl. The monoisotopic (exact) mass is 237 g/mol. The van der Waals surface area contributed by atoms with Crippen LogP contribution in [0.4, 0.5) is 14.5 Å². The number of halogens is 3. The van der Waals surface area contributed by atoms with Gasteiger partial charge in [0.05, 0.1) is 9.95 Å². The molecule has 0 aliphatic heterocycles. The summed E-state index contributed by atoms with van der Waals surface area (Å²) in [5.74, 6) is -0.489. The van der Waals surface area contributed by atoms with Gasteiger partial charge in [0.2, 0.25) is 5.75 Å². The smallest absolute Gasteiger partial charge is 0.387 e. The number of nitro benzene ring substituents is 1. The Labute approximate surface area is 88.6 Å². The van der Waals surface area contributed by atoms with Gasteiger partial charge in [0.1, 0.15) is 0 Å². The third-order valence-corrected chi connectivity index (χ3v) is 2.06. The van der Waals surface area contributed by atoms with E-state index in [1.54, 1.807) is 0 Å². The molecule has 0 N–H and O–H groups in total. The van der Waals surface area contributed by atoms with Crippen molar-refractivity contribution < 1.29 is 18.4 Å². The molecule has 0 unspecified atom stereocenters. The molecule has 0 aliphatic carbocycles. The Hall–Kier alpha value is -1.43. The highest BCUT2D eigenvalue weighted by molar-refractivity contribution is 6.31. The number of nitro groups is 1. The summed E-state index contributed by atoms with van der Waals surface area (Å²) in [7, 11) is 0. The summed E-state index contributed by atoms with van der Waals surface area (Å²) in [6.07, 6.45) is 0. The van der Waals surface area contributed by atoms with Gasteiger partial charge in [-0.3, -0.25) is 10.1 Å². The van der Waals surface area contributed by atoms with Crippen molar-refractivity contribution in [3.63, 3.8) is 0 Å². The van der Waals surface area contributed by atoms with E-state index in [9.17, 15) is 18.9 Å². The van der Waals surface area contributed by atoms with Crippen molar-refractivity contribution in [2.45, 2.75) is 13.5 Å². The summed E-state index contributed by atoms with van der Waals surface area (Å²) in [4.78, 5) is 9.66. The quantitative estimate of drug-likeness (QED) is 0.599. The van der Waals surface area contributed by atoms with Gasteiger partial charge in [-0.2, -0.15) is 8.78 Å². The molecule has 4 nitrogen and oxygen atoms in total. The van der Waals surface area contributed by atoms with Crippen molar-refractivity contribution in [1.82, 2.24) is 0 Å². The molecule has 0 radical (unpaired) electrons. The molecule has 0 amide bonds. The van der Waals surface area contributed by atoms with Gasteiger partial charge in [0.25, 0.3) is 0 Å². The second-order valence-electron chi connectivity index (χ2n) is 2.70. The Morgan fingerprint density at radius 2 is 2.13 bits per heavy atom. The molecular formula is C8H6ClF2NO3. The Morgan fingerprint density at radius 3 is 2.60 bits per heavy atom. The second-order valence-corrected chi connectivity index (χ2v) is 3.11. The number of nitrogens with zero attached hydrogens (tertiary/aromatic N) is 1. The molecule has 0 aromatic heterocycles. The molecule has 0 heterocycles. The molecule has 0 saturated carbocycles. The Balaban J connectivity index is 3.22. The summed E-state index contributed by atoms with van der Waals surface area (Å²) in [6, 6.07) is 2.08. The molecule has 1 aromatic rings. The van der Waals surface area contributed by atoms with E-state index in [1.165, 1.54) is 6.92 Å². The Kier molecular flexibility index (Phi) is 3.41. The van der Waals surface area contributed by atoms with E-state index in [4.69, 9.17) is 11.6 Å². The topological polar surface area (TPSA) is 52.4 Å². The summed E-state index contributed by atoms with van der Waals surface area (Å²) in [6.45, 7) is -1.58. The normalized spacial score (nSPS) is 10.5. The first kappa shape index (κ1) is 11.6. The average Bonchev–Trinajstić information content (AvgIpc) is 2.09. The van der Waals surface area contributed by atoms with Crippen molar-refractivity contribution in [3.05, 3.63) is 32.8 Å². The van der Waals surface area contributed by atoms with Gasteiger partial charge in [-0.15, -0.1) is 0 Å². The fourth-order valence-electron chi connectivity index (χ4n) is 0.978. The zero-order valence-corrected chi connectivity index (χ0v) is 8.29. The van der Waals surface area contributed by atoms with Crippen LogP contribution in [0.5, 0.6) is 5.75 Å². The summed E-state index contributed by atoms with van der Waals surface area (Å²) in [5.41, 5.74) is -0.149. The minimum Gasteiger partial charge on any atom is -0.427 e. The highest BCUT2D eigenvalue weighted by Crippen LogP contribution is 2.33. The number of rotatable bonds is 3. The fourth-order valence-corrected chi connectivity index (χ4v) is 1.14. The van der Waals surface area contributed by atoms with Gasteiger partial charge in [0, 0.05) is 6.07 Å². The molecule has 15 heavy (non-hydrogen) atoms. The largest absolute Gasteiger partial charge is 0.427 e. The Morgan fingerprint density at radius 1 is 1.53 bits per heavy atom. The van der Waals surface area contributed by atoms with Crippen LogP contribution in [0.2, 0.25) is 5.02 Å². The highest BCUT2D eigenvalue weighted by atomic mass is 35.5. The maximum Gasteiger partial charge on any atom is 0.387 e. The van der Waals surface area contributed by atoms with Gasteiger partial charge in [-0.25, -0.2) is 0 Å². The third-order valence-electron chi connectivity index (χ3n) is 1.65. The predicted octanol–water partition coefficient (Wildman–Crippen LogP) is 3.16. The number of benzene rings is 1. The molecule has 82 valence electrons. The van der Waals surface area contributed by atoms with E-state index in [1.807, 2.05) is 0 Å². The first-order chi connectivity index (χ1) is 6.91. The highest BCUT2D eigenvalue weighted by Gasteiger charge is 2.20. The van der Waals surface area contributed by atoms with Crippen LogP contribution in [0.15, 0.2) is 12.1 Å². The van der Waals surface area contributed by atoms with Crippen LogP contribution in [0, 0.1) is 17.0 Å². The van der Waals surface area contributed by atoms with Crippen LogP contribution < -0.4 is 4.74 Å². The molecule has 1 aromatic carbocycles. The van der Waals surface area contributed by atoms with Crippen molar-refractivity contribution in [2.24, 2.45) is 0 Å². The standard InChI is InChI=1S/C8H6ClF2NO3/c1-4-2-7(15-8(10)11)6(12(13)14)3-5(4)9/h2-3,8H,1H3. The summed E-state index contributed by atoms with van der Waals surface area (Å²) >= 11 is 5.62. The van der Waals surface area contributed by atoms with E-state index in [0.29, 0.717) is 5.56 Å². The lowest BCUT2D eigenvalue weighted by atomic mass is 10.2. The van der Waals surface area contributed by atoms with Crippen LogP contribution in [-0.2, 0) is 0 Å². The first-order valence-electron chi connectivity index (χ1n) is 3.81. The molecule has 0 atom stereocenters. The van der Waals surface area contributed by atoms with Gasteiger partial charge in [0.15, 0.2) is 0 Å². The second kappa shape index (κ2) is 4.39.